The fourth-order valence-corrected chi connectivity index (χ4v) is 3.58. The lowest BCUT2D eigenvalue weighted by Gasteiger charge is -2.07. The number of hydrogen-bond acceptors (Lipinski definition) is 4. The molecule has 5 nitrogen and oxygen atoms in total. The highest BCUT2D eigenvalue weighted by atomic mass is 16.5. The number of unbranched alkanes of at least 4 members (excludes halogenated alkanes) is 11. The van der Waals surface area contributed by atoms with Crippen LogP contribution in [0.25, 0.3) is 0 Å². The number of aromatic hydroxyl groups is 1. The van der Waals surface area contributed by atoms with E-state index in [2.05, 4.69) is 12.2 Å². The molecule has 0 aliphatic rings. The quantitative estimate of drug-likeness (QED) is 0.192. The molecular weight excluding hydrogens is 402 g/mol. The van der Waals surface area contributed by atoms with Crippen molar-refractivity contribution in [2.75, 3.05) is 26.4 Å². The summed E-state index contributed by atoms with van der Waals surface area (Å²) < 4.78 is 11.2. The topological polar surface area (TPSA) is 67.8 Å². The van der Waals surface area contributed by atoms with Crippen LogP contribution in [0.1, 0.15) is 103 Å². The number of phenols is 1. The standard InChI is InChI=1S/C27H47NO4/c1-2-3-4-13-22-31-23-15-16-27(30)28-21-12-10-8-6-5-7-9-11-14-24-32-26-19-17-25(29)18-20-26/h17-20,29H,2-16,21-24H2,1H3,(H,28,30). The molecule has 0 unspecified atom stereocenters. The van der Waals surface area contributed by atoms with Crippen molar-refractivity contribution in [3.05, 3.63) is 24.3 Å². The number of nitrogens with one attached hydrogen (secondary N) is 1. The number of benzene rings is 1. The molecule has 2 N–H and O–H groups in total. The first-order valence-electron chi connectivity index (χ1n) is 13.0. The van der Waals surface area contributed by atoms with Gasteiger partial charge in [-0.25, -0.2) is 0 Å². The summed E-state index contributed by atoms with van der Waals surface area (Å²) in [5, 5.41) is 12.3. The molecule has 32 heavy (non-hydrogen) atoms. The van der Waals surface area contributed by atoms with Crippen LogP contribution >= 0.6 is 0 Å². The molecule has 5 heteroatoms. The highest BCUT2D eigenvalue weighted by Crippen LogP contribution is 2.16. The maximum Gasteiger partial charge on any atom is 0.220 e. The fraction of sp³-hybridized carbons (Fsp3) is 0.741. The van der Waals surface area contributed by atoms with Gasteiger partial charge in [0.1, 0.15) is 11.5 Å². The Hall–Kier alpha value is -1.75. The summed E-state index contributed by atoms with van der Waals surface area (Å²) in [5.74, 6) is 1.25. The molecule has 0 aliphatic carbocycles. The molecule has 1 aromatic carbocycles. The summed E-state index contributed by atoms with van der Waals surface area (Å²) in [6.45, 7) is 5.28. The Kier molecular flexibility index (Phi) is 18.7. The maximum absolute atomic E-state index is 11.8. The van der Waals surface area contributed by atoms with Crippen molar-refractivity contribution in [2.45, 2.75) is 103 Å². The second kappa shape index (κ2) is 21.1. The van der Waals surface area contributed by atoms with Crippen molar-refractivity contribution in [3.8, 4) is 11.5 Å². The summed E-state index contributed by atoms with van der Waals surface area (Å²) in [6.07, 6.45) is 17.3. The zero-order chi connectivity index (χ0) is 23.1. The molecule has 1 aromatic rings. The van der Waals surface area contributed by atoms with Crippen LogP contribution in [0.2, 0.25) is 0 Å². The second-order valence-electron chi connectivity index (χ2n) is 8.65. The normalized spacial score (nSPS) is 10.9. The number of rotatable bonds is 22. The Morgan fingerprint density at radius 1 is 0.750 bits per heavy atom. The van der Waals surface area contributed by atoms with Gasteiger partial charge in [0.15, 0.2) is 0 Å². The van der Waals surface area contributed by atoms with E-state index in [9.17, 15) is 9.90 Å². The molecular formula is C27H47NO4. The zero-order valence-electron chi connectivity index (χ0n) is 20.4. The van der Waals surface area contributed by atoms with Gasteiger partial charge in [0.05, 0.1) is 6.61 Å². The van der Waals surface area contributed by atoms with E-state index >= 15 is 0 Å². The molecule has 0 atom stereocenters. The van der Waals surface area contributed by atoms with Gasteiger partial charge in [0.2, 0.25) is 5.91 Å². The SMILES string of the molecule is CCCCCCOCCCC(=O)NCCCCCCCCCCCOc1ccc(O)cc1. The number of hydrogen-bond donors (Lipinski definition) is 2. The van der Waals surface area contributed by atoms with Crippen molar-refractivity contribution in [1.82, 2.24) is 5.32 Å². The third kappa shape index (κ3) is 17.9. The maximum atomic E-state index is 11.8. The van der Waals surface area contributed by atoms with E-state index in [-0.39, 0.29) is 11.7 Å². The Morgan fingerprint density at radius 3 is 2.00 bits per heavy atom. The fourth-order valence-electron chi connectivity index (χ4n) is 3.58. The minimum atomic E-state index is 0.161. The molecule has 0 saturated carbocycles. The van der Waals surface area contributed by atoms with Crippen LogP contribution < -0.4 is 10.1 Å². The summed E-state index contributed by atoms with van der Waals surface area (Å²) in [4.78, 5) is 11.8. The third-order valence-corrected chi connectivity index (χ3v) is 5.58. The molecule has 0 fully saturated rings. The van der Waals surface area contributed by atoms with Gasteiger partial charge in [0, 0.05) is 26.2 Å². The summed E-state index contributed by atoms with van der Waals surface area (Å²) >= 11 is 0. The van der Waals surface area contributed by atoms with Crippen molar-refractivity contribution >= 4 is 5.91 Å². The van der Waals surface area contributed by atoms with E-state index in [0.717, 1.165) is 51.2 Å². The average Bonchev–Trinajstić information content (AvgIpc) is 2.80. The second-order valence-corrected chi connectivity index (χ2v) is 8.65. The number of phenolic OH excluding ortho intramolecular Hbond substituents is 1. The Morgan fingerprint density at radius 2 is 1.31 bits per heavy atom. The van der Waals surface area contributed by atoms with E-state index in [4.69, 9.17) is 9.47 Å². The van der Waals surface area contributed by atoms with E-state index in [0.29, 0.717) is 13.0 Å². The van der Waals surface area contributed by atoms with E-state index < -0.39 is 0 Å². The number of amides is 1. The lowest BCUT2D eigenvalue weighted by Crippen LogP contribution is -2.24. The highest BCUT2D eigenvalue weighted by molar-refractivity contribution is 5.75. The van der Waals surface area contributed by atoms with E-state index in [1.54, 1.807) is 24.3 Å². The summed E-state index contributed by atoms with van der Waals surface area (Å²) in [6, 6.07) is 6.90. The minimum Gasteiger partial charge on any atom is -0.508 e. The van der Waals surface area contributed by atoms with Crippen LogP contribution in [0.4, 0.5) is 0 Å². The molecule has 0 saturated heterocycles. The van der Waals surface area contributed by atoms with E-state index in [1.807, 2.05) is 0 Å². The summed E-state index contributed by atoms with van der Waals surface area (Å²) in [5.41, 5.74) is 0. The van der Waals surface area contributed by atoms with E-state index in [1.165, 1.54) is 64.2 Å². The first-order chi connectivity index (χ1) is 15.7. The first kappa shape index (κ1) is 28.3. The van der Waals surface area contributed by atoms with Crippen LogP contribution in [0, 0.1) is 0 Å². The smallest absolute Gasteiger partial charge is 0.220 e. The van der Waals surface area contributed by atoms with Gasteiger partial charge in [0.25, 0.3) is 0 Å². The molecule has 0 bridgehead atoms. The average molecular weight is 450 g/mol. The molecule has 0 spiro atoms. The largest absolute Gasteiger partial charge is 0.508 e. The summed E-state index contributed by atoms with van der Waals surface area (Å²) in [7, 11) is 0. The van der Waals surface area contributed by atoms with Gasteiger partial charge in [-0.05, 0) is 49.9 Å². The van der Waals surface area contributed by atoms with Gasteiger partial charge >= 0.3 is 0 Å². The predicted octanol–water partition coefficient (Wildman–Crippen LogP) is 6.78. The Labute approximate surface area is 196 Å². The first-order valence-corrected chi connectivity index (χ1v) is 13.0. The van der Waals surface area contributed by atoms with Gasteiger partial charge in [-0.15, -0.1) is 0 Å². The minimum absolute atomic E-state index is 0.161. The molecule has 0 aliphatic heterocycles. The van der Waals surface area contributed by atoms with Crippen LogP contribution in [0.3, 0.4) is 0 Å². The Balaban J connectivity index is 1.74. The number of ether oxygens (including phenoxy) is 2. The van der Waals surface area contributed by atoms with Gasteiger partial charge < -0.3 is 19.9 Å². The number of carbonyl (C=O) groups excluding carboxylic acids is 1. The molecule has 184 valence electrons. The van der Waals surface area contributed by atoms with Crippen LogP contribution in [0.5, 0.6) is 11.5 Å². The molecule has 0 radical (unpaired) electrons. The van der Waals surface area contributed by atoms with Gasteiger partial charge in [-0.3, -0.25) is 4.79 Å². The van der Waals surface area contributed by atoms with Crippen molar-refractivity contribution in [3.63, 3.8) is 0 Å². The lowest BCUT2D eigenvalue weighted by atomic mass is 10.1. The van der Waals surface area contributed by atoms with Crippen molar-refractivity contribution in [2.24, 2.45) is 0 Å². The third-order valence-electron chi connectivity index (χ3n) is 5.58. The highest BCUT2D eigenvalue weighted by Gasteiger charge is 2.01. The molecule has 0 aromatic heterocycles. The van der Waals surface area contributed by atoms with Crippen molar-refractivity contribution < 1.29 is 19.4 Å². The zero-order valence-corrected chi connectivity index (χ0v) is 20.4. The van der Waals surface area contributed by atoms with Gasteiger partial charge in [-0.2, -0.15) is 0 Å². The molecule has 1 rings (SSSR count). The lowest BCUT2D eigenvalue weighted by molar-refractivity contribution is -0.121. The Bertz CT molecular complexity index is 547. The molecule has 0 heterocycles. The van der Waals surface area contributed by atoms with Crippen LogP contribution in [-0.4, -0.2) is 37.4 Å². The van der Waals surface area contributed by atoms with Crippen LogP contribution in [0.15, 0.2) is 24.3 Å². The van der Waals surface area contributed by atoms with Crippen LogP contribution in [-0.2, 0) is 9.53 Å². The molecule has 1 amide bonds. The van der Waals surface area contributed by atoms with Gasteiger partial charge in [-0.1, -0.05) is 71.1 Å². The van der Waals surface area contributed by atoms with Crippen molar-refractivity contribution in [1.29, 1.82) is 0 Å². The monoisotopic (exact) mass is 449 g/mol. The number of carbonyl (C=O) groups is 1. The predicted molar refractivity (Wildman–Crippen MR) is 132 cm³/mol.